The molecule has 0 aliphatic carbocycles. The minimum absolute atomic E-state index is 0.159. The van der Waals surface area contributed by atoms with Crippen LogP contribution in [0.2, 0.25) is 0 Å². The average molecular weight is 333 g/mol. The van der Waals surface area contributed by atoms with Gasteiger partial charge in [0.1, 0.15) is 0 Å². The molecule has 0 radical (unpaired) electrons. The highest BCUT2D eigenvalue weighted by molar-refractivity contribution is 5.99. The molecular formula is C17H23N3O4. The maximum Gasteiger partial charge on any atom is 0.253 e. The summed E-state index contributed by atoms with van der Waals surface area (Å²) in [5.41, 5.74) is 5.08. The van der Waals surface area contributed by atoms with Crippen molar-refractivity contribution >= 4 is 17.3 Å². The molecule has 0 unspecified atom stereocenters. The molecule has 0 aromatic heterocycles. The molecule has 24 heavy (non-hydrogen) atoms. The fraction of sp³-hybridized carbons (Fsp3) is 0.353. The van der Waals surface area contributed by atoms with E-state index in [1.165, 1.54) is 7.11 Å². The van der Waals surface area contributed by atoms with Crippen LogP contribution in [0.1, 0.15) is 12.5 Å². The molecule has 130 valence electrons. The molecular weight excluding hydrogens is 310 g/mol. The number of benzene rings is 1. The number of ether oxygens (including phenoxy) is 2. The zero-order valence-corrected chi connectivity index (χ0v) is 14.3. The molecule has 0 saturated carbocycles. The van der Waals surface area contributed by atoms with E-state index in [4.69, 9.17) is 14.3 Å². The van der Waals surface area contributed by atoms with Crippen LogP contribution in [0.15, 0.2) is 30.9 Å². The van der Waals surface area contributed by atoms with Gasteiger partial charge in [-0.1, -0.05) is 13.2 Å². The number of carbonyl (C=O) groups excluding carboxylic acids is 1. The highest BCUT2D eigenvalue weighted by atomic mass is 16.7. The van der Waals surface area contributed by atoms with E-state index in [2.05, 4.69) is 24.0 Å². The summed E-state index contributed by atoms with van der Waals surface area (Å²) in [6.45, 7) is 10.7. The van der Waals surface area contributed by atoms with Gasteiger partial charge in [-0.25, -0.2) is 0 Å². The smallest absolute Gasteiger partial charge is 0.253 e. The van der Waals surface area contributed by atoms with Gasteiger partial charge in [0.2, 0.25) is 6.79 Å². The van der Waals surface area contributed by atoms with Crippen molar-refractivity contribution < 1.29 is 19.1 Å². The Bertz CT molecular complexity index is 657. The van der Waals surface area contributed by atoms with Crippen molar-refractivity contribution in [2.45, 2.75) is 6.92 Å². The van der Waals surface area contributed by atoms with Crippen molar-refractivity contribution in [3.63, 3.8) is 0 Å². The summed E-state index contributed by atoms with van der Waals surface area (Å²) >= 11 is 0. The van der Waals surface area contributed by atoms with Gasteiger partial charge in [0.05, 0.1) is 12.8 Å². The highest BCUT2D eigenvalue weighted by Crippen LogP contribution is 2.40. The number of fused-ring (bicyclic) bond motifs is 1. The molecule has 0 bridgehead atoms. The van der Waals surface area contributed by atoms with Gasteiger partial charge in [-0.3, -0.25) is 15.1 Å². The van der Waals surface area contributed by atoms with Crippen LogP contribution in [0.4, 0.5) is 5.69 Å². The molecule has 1 aromatic rings. The van der Waals surface area contributed by atoms with Gasteiger partial charge in [-0.2, -0.15) is 0 Å². The van der Waals surface area contributed by atoms with Crippen molar-refractivity contribution in [3.8, 4) is 11.5 Å². The normalized spacial score (nSPS) is 12.0. The molecule has 1 aromatic carbocycles. The molecule has 1 amide bonds. The summed E-state index contributed by atoms with van der Waals surface area (Å²) in [7, 11) is 3.33. The van der Waals surface area contributed by atoms with Crippen LogP contribution in [0.25, 0.3) is 5.70 Å². The van der Waals surface area contributed by atoms with Gasteiger partial charge in [0.15, 0.2) is 11.5 Å². The van der Waals surface area contributed by atoms with E-state index in [0.717, 1.165) is 0 Å². The molecule has 2 N–H and O–H groups in total. The monoisotopic (exact) mass is 333 g/mol. The first-order valence-corrected chi connectivity index (χ1v) is 7.53. The number of hydrogen-bond acceptors (Lipinski definition) is 6. The Morgan fingerprint density at radius 1 is 1.33 bits per heavy atom. The van der Waals surface area contributed by atoms with Crippen LogP contribution >= 0.6 is 0 Å². The van der Waals surface area contributed by atoms with Gasteiger partial charge in [0.25, 0.3) is 5.91 Å². The molecule has 1 heterocycles. The lowest BCUT2D eigenvalue weighted by Crippen LogP contribution is -2.35. The molecule has 7 heteroatoms. The predicted octanol–water partition coefficient (Wildman–Crippen LogP) is 1.98. The maximum atomic E-state index is 12.5. The third kappa shape index (κ3) is 3.69. The lowest BCUT2D eigenvalue weighted by molar-refractivity contribution is -0.123. The first kappa shape index (κ1) is 17.8. The SMILES string of the molecule is C=C(C)C(=O)N(CCNC)C(=C)c1cc2c(cc1NOC)OCO2. The van der Waals surface area contributed by atoms with Crippen LogP contribution in [0, 0.1) is 0 Å². The first-order chi connectivity index (χ1) is 11.5. The van der Waals surface area contributed by atoms with E-state index in [0.29, 0.717) is 47.1 Å². The molecule has 0 fully saturated rings. The number of carbonyl (C=O) groups is 1. The Balaban J connectivity index is 2.40. The van der Waals surface area contributed by atoms with Gasteiger partial charge in [0, 0.05) is 36.0 Å². The summed E-state index contributed by atoms with van der Waals surface area (Å²) in [5.74, 6) is 1.03. The summed E-state index contributed by atoms with van der Waals surface area (Å²) < 4.78 is 10.8. The second-order valence-electron chi connectivity index (χ2n) is 5.34. The third-order valence-electron chi connectivity index (χ3n) is 3.56. The standard InChI is InChI=1S/C17H23N3O4/c1-11(2)17(21)20(7-6-18-4)12(3)13-8-15-16(24-10-23-15)9-14(13)19-22-5/h8-9,18-19H,1,3,6-7,10H2,2,4-5H3. The Kier molecular flexibility index (Phi) is 5.83. The molecule has 0 spiro atoms. The van der Waals surface area contributed by atoms with Crippen molar-refractivity contribution in [1.29, 1.82) is 0 Å². The molecule has 0 atom stereocenters. The van der Waals surface area contributed by atoms with Gasteiger partial charge in [-0.05, 0) is 20.0 Å². The quantitative estimate of drug-likeness (QED) is 0.560. The van der Waals surface area contributed by atoms with Gasteiger partial charge in [-0.15, -0.1) is 0 Å². The Labute approximate surface area is 141 Å². The summed E-state index contributed by atoms with van der Waals surface area (Å²) in [6, 6.07) is 3.54. The Hall–Kier alpha value is -2.51. The van der Waals surface area contributed by atoms with Crippen molar-refractivity contribution in [2.24, 2.45) is 0 Å². The van der Waals surface area contributed by atoms with Crippen LogP contribution in [-0.4, -0.2) is 44.8 Å². The maximum absolute atomic E-state index is 12.5. The van der Waals surface area contributed by atoms with Crippen molar-refractivity contribution in [1.82, 2.24) is 10.2 Å². The Morgan fingerprint density at radius 2 is 2.00 bits per heavy atom. The van der Waals surface area contributed by atoms with E-state index >= 15 is 0 Å². The molecule has 1 aliphatic rings. The van der Waals surface area contributed by atoms with E-state index in [1.54, 1.807) is 24.0 Å². The minimum Gasteiger partial charge on any atom is -0.454 e. The first-order valence-electron chi connectivity index (χ1n) is 7.53. The fourth-order valence-corrected chi connectivity index (χ4v) is 2.33. The van der Waals surface area contributed by atoms with Crippen LogP contribution in [-0.2, 0) is 9.63 Å². The summed E-state index contributed by atoms with van der Waals surface area (Å²) in [6.07, 6.45) is 0. The topological polar surface area (TPSA) is 72.1 Å². The summed E-state index contributed by atoms with van der Waals surface area (Å²) in [5, 5.41) is 3.03. The summed E-state index contributed by atoms with van der Waals surface area (Å²) in [4.78, 5) is 19.1. The van der Waals surface area contributed by atoms with Crippen LogP contribution in [0.5, 0.6) is 11.5 Å². The van der Waals surface area contributed by atoms with Gasteiger partial charge < -0.3 is 19.7 Å². The number of anilines is 1. The van der Waals surface area contributed by atoms with Crippen molar-refractivity contribution in [2.75, 3.05) is 39.5 Å². The predicted molar refractivity (Wildman–Crippen MR) is 92.7 cm³/mol. The van der Waals surface area contributed by atoms with E-state index < -0.39 is 0 Å². The van der Waals surface area contributed by atoms with E-state index in [9.17, 15) is 4.79 Å². The van der Waals surface area contributed by atoms with Crippen LogP contribution < -0.4 is 20.3 Å². The number of nitrogens with one attached hydrogen (secondary N) is 2. The second-order valence-corrected chi connectivity index (χ2v) is 5.34. The number of likely N-dealkylation sites (N-methyl/N-ethyl adjacent to an activating group) is 1. The minimum atomic E-state index is -0.184. The van der Waals surface area contributed by atoms with Crippen molar-refractivity contribution in [3.05, 3.63) is 36.4 Å². The van der Waals surface area contributed by atoms with Crippen LogP contribution in [0.3, 0.4) is 0 Å². The highest BCUT2D eigenvalue weighted by Gasteiger charge is 2.24. The van der Waals surface area contributed by atoms with E-state index in [1.807, 2.05) is 7.05 Å². The number of hydrogen-bond donors (Lipinski definition) is 2. The number of rotatable bonds is 8. The zero-order chi connectivity index (χ0) is 17.7. The van der Waals surface area contributed by atoms with E-state index in [-0.39, 0.29) is 12.7 Å². The largest absolute Gasteiger partial charge is 0.454 e. The van der Waals surface area contributed by atoms with Gasteiger partial charge >= 0.3 is 0 Å². The zero-order valence-electron chi connectivity index (χ0n) is 14.3. The lowest BCUT2D eigenvalue weighted by atomic mass is 10.1. The number of amides is 1. The molecule has 1 aliphatic heterocycles. The fourth-order valence-electron chi connectivity index (χ4n) is 2.33. The molecule has 2 rings (SSSR count). The number of nitrogens with zero attached hydrogens (tertiary/aromatic N) is 1. The Morgan fingerprint density at radius 3 is 2.58 bits per heavy atom. The second kappa shape index (κ2) is 7.85. The lowest BCUT2D eigenvalue weighted by Gasteiger charge is -2.26. The molecule has 7 nitrogen and oxygen atoms in total. The third-order valence-corrected chi connectivity index (χ3v) is 3.56. The molecule has 0 saturated heterocycles. The average Bonchev–Trinajstić information content (AvgIpc) is 3.01.